The molecule has 1 atom stereocenters. The second kappa shape index (κ2) is 9.95. The first-order valence-corrected chi connectivity index (χ1v) is 11.5. The molecule has 0 spiro atoms. The maximum atomic E-state index is 12.7. The molecule has 1 amide bonds. The Kier molecular flexibility index (Phi) is 7.33. The number of piperidine rings is 1. The van der Waals surface area contributed by atoms with Crippen LogP contribution in [0.5, 0.6) is 11.5 Å². The van der Waals surface area contributed by atoms with Gasteiger partial charge in [-0.05, 0) is 61.7 Å². The smallest absolute Gasteiger partial charge is 0.258 e. The van der Waals surface area contributed by atoms with Gasteiger partial charge in [-0.15, -0.1) is 0 Å². The van der Waals surface area contributed by atoms with E-state index in [1.165, 1.54) is 16.4 Å². The van der Waals surface area contributed by atoms with Gasteiger partial charge in [0.1, 0.15) is 11.5 Å². The molecule has 0 aliphatic carbocycles. The van der Waals surface area contributed by atoms with Gasteiger partial charge in [-0.1, -0.05) is 18.6 Å². The quantitative estimate of drug-likeness (QED) is 0.693. The van der Waals surface area contributed by atoms with Gasteiger partial charge in [-0.2, -0.15) is 4.31 Å². The standard InChI is InChI=1S/C22H28N2O5S/c1-17(18-6-8-19(28-2)9-7-18)23-22(25)16-29-20-10-12-21(13-11-20)30(26,27)24-14-4-3-5-15-24/h6-13,17H,3-5,14-16H2,1-2H3,(H,23,25)/t17-/m1/s1. The average molecular weight is 433 g/mol. The van der Waals surface area contributed by atoms with Crippen molar-refractivity contribution in [3.63, 3.8) is 0 Å². The van der Waals surface area contributed by atoms with Crippen LogP contribution in [0.25, 0.3) is 0 Å². The van der Waals surface area contributed by atoms with Crippen molar-refractivity contribution in [3.05, 3.63) is 54.1 Å². The van der Waals surface area contributed by atoms with E-state index in [9.17, 15) is 13.2 Å². The van der Waals surface area contributed by atoms with Gasteiger partial charge in [0.25, 0.3) is 5.91 Å². The van der Waals surface area contributed by atoms with E-state index in [1.54, 1.807) is 19.2 Å². The third kappa shape index (κ3) is 5.52. The third-order valence-corrected chi connectivity index (χ3v) is 7.05. The average Bonchev–Trinajstić information content (AvgIpc) is 2.78. The fraction of sp³-hybridized carbons (Fsp3) is 0.409. The molecule has 1 aliphatic heterocycles. The SMILES string of the molecule is COc1ccc([C@@H](C)NC(=O)COc2ccc(S(=O)(=O)N3CCCCC3)cc2)cc1. The molecule has 162 valence electrons. The van der Waals surface area contributed by atoms with Crippen molar-refractivity contribution in [2.75, 3.05) is 26.8 Å². The number of ether oxygens (including phenoxy) is 2. The summed E-state index contributed by atoms with van der Waals surface area (Å²) in [6.07, 6.45) is 2.85. The number of rotatable bonds is 8. The van der Waals surface area contributed by atoms with Gasteiger partial charge in [0.05, 0.1) is 18.0 Å². The first-order chi connectivity index (χ1) is 14.4. The predicted molar refractivity (Wildman–Crippen MR) is 114 cm³/mol. The third-order valence-electron chi connectivity index (χ3n) is 5.14. The zero-order chi connectivity index (χ0) is 21.6. The molecule has 1 saturated heterocycles. The van der Waals surface area contributed by atoms with Crippen molar-refractivity contribution in [3.8, 4) is 11.5 Å². The lowest BCUT2D eigenvalue weighted by molar-refractivity contribution is -0.123. The highest BCUT2D eigenvalue weighted by molar-refractivity contribution is 7.89. The van der Waals surface area contributed by atoms with Crippen LogP contribution in [0.2, 0.25) is 0 Å². The number of hydrogen-bond acceptors (Lipinski definition) is 5. The Labute approximate surface area is 178 Å². The number of amides is 1. The topological polar surface area (TPSA) is 84.9 Å². The summed E-state index contributed by atoms with van der Waals surface area (Å²) in [5.41, 5.74) is 0.955. The molecule has 0 radical (unpaired) electrons. The van der Waals surface area contributed by atoms with Crippen molar-refractivity contribution in [1.29, 1.82) is 0 Å². The molecule has 8 heteroatoms. The summed E-state index contributed by atoms with van der Waals surface area (Å²) >= 11 is 0. The molecule has 1 N–H and O–H groups in total. The minimum Gasteiger partial charge on any atom is -0.497 e. The zero-order valence-electron chi connectivity index (χ0n) is 17.3. The second-order valence-corrected chi connectivity index (χ2v) is 9.23. The van der Waals surface area contributed by atoms with Gasteiger partial charge in [0.15, 0.2) is 6.61 Å². The van der Waals surface area contributed by atoms with Crippen LogP contribution in [0, 0.1) is 0 Å². The molecule has 0 aromatic heterocycles. The van der Waals surface area contributed by atoms with Gasteiger partial charge in [0.2, 0.25) is 10.0 Å². The van der Waals surface area contributed by atoms with Crippen LogP contribution >= 0.6 is 0 Å². The summed E-state index contributed by atoms with van der Waals surface area (Å²) in [5.74, 6) is 0.939. The Bertz CT molecular complexity index is 936. The van der Waals surface area contributed by atoms with E-state index in [1.807, 2.05) is 31.2 Å². The highest BCUT2D eigenvalue weighted by atomic mass is 32.2. The number of nitrogens with one attached hydrogen (secondary N) is 1. The normalized spacial score (nSPS) is 15.9. The van der Waals surface area contributed by atoms with Crippen LogP contribution in [0.1, 0.15) is 37.8 Å². The summed E-state index contributed by atoms with van der Waals surface area (Å²) in [7, 11) is -1.87. The number of sulfonamides is 1. The largest absolute Gasteiger partial charge is 0.497 e. The van der Waals surface area contributed by atoms with E-state index in [-0.39, 0.29) is 23.5 Å². The molecule has 1 heterocycles. The van der Waals surface area contributed by atoms with Gasteiger partial charge < -0.3 is 14.8 Å². The number of benzene rings is 2. The molecule has 1 fully saturated rings. The van der Waals surface area contributed by atoms with Crippen molar-refractivity contribution < 1.29 is 22.7 Å². The van der Waals surface area contributed by atoms with Gasteiger partial charge in [-0.3, -0.25) is 4.79 Å². The van der Waals surface area contributed by atoms with Crippen LogP contribution in [0.3, 0.4) is 0 Å². The molecule has 0 unspecified atom stereocenters. The van der Waals surface area contributed by atoms with E-state index in [0.717, 1.165) is 30.6 Å². The van der Waals surface area contributed by atoms with Crippen LogP contribution < -0.4 is 14.8 Å². The summed E-state index contributed by atoms with van der Waals surface area (Å²) < 4.78 is 37.5. The molecule has 2 aromatic carbocycles. The summed E-state index contributed by atoms with van der Waals surface area (Å²) in [6, 6.07) is 13.5. The second-order valence-electron chi connectivity index (χ2n) is 7.29. The maximum absolute atomic E-state index is 12.7. The van der Waals surface area contributed by atoms with Crippen molar-refractivity contribution >= 4 is 15.9 Å². The van der Waals surface area contributed by atoms with Crippen molar-refractivity contribution in [1.82, 2.24) is 9.62 Å². The lowest BCUT2D eigenvalue weighted by Gasteiger charge is -2.25. The van der Waals surface area contributed by atoms with E-state index >= 15 is 0 Å². The number of hydrogen-bond donors (Lipinski definition) is 1. The highest BCUT2D eigenvalue weighted by Gasteiger charge is 2.25. The van der Waals surface area contributed by atoms with Crippen LogP contribution in [-0.4, -0.2) is 45.4 Å². The Hall–Kier alpha value is -2.58. The lowest BCUT2D eigenvalue weighted by atomic mass is 10.1. The molecule has 30 heavy (non-hydrogen) atoms. The molecular formula is C22H28N2O5S. The number of nitrogens with zero attached hydrogens (tertiary/aromatic N) is 1. The molecule has 1 aliphatic rings. The highest BCUT2D eigenvalue weighted by Crippen LogP contribution is 2.23. The summed E-state index contributed by atoms with van der Waals surface area (Å²) in [6.45, 7) is 2.86. The molecular weight excluding hydrogens is 404 g/mol. The molecule has 3 rings (SSSR count). The predicted octanol–water partition coefficient (Wildman–Crippen LogP) is 3.13. The fourth-order valence-corrected chi connectivity index (χ4v) is 4.89. The minimum atomic E-state index is -3.47. The lowest BCUT2D eigenvalue weighted by Crippen LogP contribution is -2.35. The van der Waals surface area contributed by atoms with E-state index in [0.29, 0.717) is 18.8 Å². The van der Waals surface area contributed by atoms with E-state index in [2.05, 4.69) is 5.32 Å². The first-order valence-electron chi connectivity index (χ1n) is 10.1. The maximum Gasteiger partial charge on any atom is 0.258 e. The Morgan fingerprint density at radius 2 is 1.60 bits per heavy atom. The van der Waals surface area contributed by atoms with E-state index < -0.39 is 10.0 Å². The number of methoxy groups -OCH3 is 1. The summed E-state index contributed by atoms with van der Waals surface area (Å²) in [5, 5.41) is 2.88. The molecule has 2 aromatic rings. The van der Waals surface area contributed by atoms with Crippen LogP contribution in [-0.2, 0) is 14.8 Å². The van der Waals surface area contributed by atoms with Crippen LogP contribution in [0.4, 0.5) is 0 Å². The van der Waals surface area contributed by atoms with Crippen LogP contribution in [0.15, 0.2) is 53.4 Å². The van der Waals surface area contributed by atoms with Crippen molar-refractivity contribution in [2.45, 2.75) is 37.1 Å². The van der Waals surface area contributed by atoms with Crippen molar-refractivity contribution in [2.24, 2.45) is 0 Å². The molecule has 0 bridgehead atoms. The minimum absolute atomic E-state index is 0.154. The van der Waals surface area contributed by atoms with Gasteiger partial charge >= 0.3 is 0 Å². The number of carbonyl (C=O) groups excluding carboxylic acids is 1. The number of carbonyl (C=O) groups is 1. The monoisotopic (exact) mass is 432 g/mol. The fourth-order valence-electron chi connectivity index (χ4n) is 3.37. The van der Waals surface area contributed by atoms with Gasteiger partial charge in [-0.25, -0.2) is 8.42 Å². The zero-order valence-corrected chi connectivity index (χ0v) is 18.2. The molecule has 7 nitrogen and oxygen atoms in total. The Morgan fingerprint density at radius 3 is 2.20 bits per heavy atom. The molecule has 0 saturated carbocycles. The first kappa shape index (κ1) is 22.1. The summed E-state index contributed by atoms with van der Waals surface area (Å²) in [4.78, 5) is 12.4. The Morgan fingerprint density at radius 1 is 1.00 bits per heavy atom. The Balaban J connectivity index is 1.52. The van der Waals surface area contributed by atoms with Gasteiger partial charge in [0, 0.05) is 13.1 Å². The van der Waals surface area contributed by atoms with E-state index in [4.69, 9.17) is 9.47 Å².